The Hall–Kier alpha value is -2.27. The van der Waals surface area contributed by atoms with Crippen molar-refractivity contribution in [1.29, 1.82) is 0 Å². The van der Waals surface area contributed by atoms with E-state index < -0.39 is 20.0 Å². The van der Waals surface area contributed by atoms with Crippen LogP contribution in [0.5, 0.6) is 0 Å². The van der Waals surface area contributed by atoms with Crippen LogP contribution in [0.4, 0.5) is 5.69 Å². The lowest BCUT2D eigenvalue weighted by molar-refractivity contribution is 0.597. The van der Waals surface area contributed by atoms with Crippen molar-refractivity contribution in [2.75, 3.05) is 4.72 Å². The van der Waals surface area contributed by atoms with Gasteiger partial charge < -0.3 is 0 Å². The van der Waals surface area contributed by atoms with Gasteiger partial charge >= 0.3 is 0 Å². The fourth-order valence-electron chi connectivity index (χ4n) is 2.24. The Morgan fingerprint density at radius 1 is 1.00 bits per heavy atom. The van der Waals surface area contributed by atoms with Crippen LogP contribution in [0, 0.1) is 6.92 Å². The number of anilines is 1. The highest BCUT2D eigenvalue weighted by molar-refractivity contribution is 7.93. The van der Waals surface area contributed by atoms with E-state index in [1.54, 1.807) is 24.3 Å². The van der Waals surface area contributed by atoms with Crippen molar-refractivity contribution in [1.82, 2.24) is 4.98 Å². The summed E-state index contributed by atoms with van der Waals surface area (Å²) in [6.45, 7) is 1.91. The minimum Gasteiger partial charge on any atom is -0.280 e. The Balaban J connectivity index is 1.86. The molecule has 0 unspecified atom stereocenters. The zero-order chi connectivity index (χ0) is 18.9. The maximum absolute atomic E-state index is 12.5. The molecule has 1 aromatic heterocycles. The summed E-state index contributed by atoms with van der Waals surface area (Å²) in [6, 6.07) is 11.6. The molecule has 0 amide bonds. The van der Waals surface area contributed by atoms with Crippen molar-refractivity contribution in [3.63, 3.8) is 0 Å². The fourth-order valence-corrected chi connectivity index (χ4v) is 4.60. The highest BCUT2D eigenvalue weighted by atomic mass is 32.2. The van der Waals surface area contributed by atoms with Gasteiger partial charge in [-0.2, -0.15) is 0 Å². The number of rotatable bonds is 5. The van der Waals surface area contributed by atoms with Crippen molar-refractivity contribution < 1.29 is 16.8 Å². The van der Waals surface area contributed by atoms with E-state index in [1.807, 2.05) is 12.3 Å². The molecular weight excluding hydrogens is 394 g/mol. The minimum atomic E-state index is -3.99. The number of nitrogens with one attached hydrogen (secondary N) is 1. The first-order valence-corrected chi connectivity index (χ1v) is 11.2. The quantitative estimate of drug-likeness (QED) is 0.671. The third kappa shape index (κ3) is 4.10. The Labute approximate surface area is 155 Å². The SMILES string of the molecule is Cc1nc(-c2ccc(NS(=O)(=O)c3cccc(S(N)(=O)=O)c3)cc2)cs1. The molecule has 7 nitrogen and oxygen atoms in total. The number of aromatic nitrogens is 1. The Bertz CT molecular complexity index is 1150. The summed E-state index contributed by atoms with van der Waals surface area (Å²) in [4.78, 5) is 3.92. The largest absolute Gasteiger partial charge is 0.280 e. The summed E-state index contributed by atoms with van der Waals surface area (Å²) in [6.07, 6.45) is 0. The van der Waals surface area contributed by atoms with Gasteiger partial charge in [-0.25, -0.2) is 27.0 Å². The summed E-state index contributed by atoms with van der Waals surface area (Å²) in [5.41, 5.74) is 2.04. The van der Waals surface area contributed by atoms with Crippen LogP contribution in [0.25, 0.3) is 11.3 Å². The van der Waals surface area contributed by atoms with Crippen LogP contribution in [-0.2, 0) is 20.0 Å². The molecule has 0 fully saturated rings. The van der Waals surface area contributed by atoms with E-state index in [0.29, 0.717) is 5.69 Å². The van der Waals surface area contributed by atoms with Gasteiger partial charge in [0.25, 0.3) is 10.0 Å². The molecule has 2 aromatic carbocycles. The van der Waals surface area contributed by atoms with Gasteiger partial charge in [0.1, 0.15) is 0 Å². The molecule has 136 valence electrons. The predicted molar refractivity (Wildman–Crippen MR) is 101 cm³/mol. The highest BCUT2D eigenvalue weighted by Gasteiger charge is 2.17. The van der Waals surface area contributed by atoms with Gasteiger partial charge in [0, 0.05) is 16.6 Å². The average molecular weight is 410 g/mol. The summed E-state index contributed by atoms with van der Waals surface area (Å²) in [5, 5.41) is 7.91. The van der Waals surface area contributed by atoms with Gasteiger partial charge in [-0.15, -0.1) is 11.3 Å². The van der Waals surface area contributed by atoms with E-state index in [9.17, 15) is 16.8 Å². The molecule has 1 heterocycles. The number of aryl methyl sites for hydroxylation is 1. The van der Waals surface area contributed by atoms with Crippen LogP contribution >= 0.6 is 11.3 Å². The first-order valence-electron chi connectivity index (χ1n) is 7.33. The van der Waals surface area contributed by atoms with Gasteiger partial charge in [-0.3, -0.25) is 4.72 Å². The number of hydrogen-bond donors (Lipinski definition) is 2. The molecule has 3 N–H and O–H groups in total. The molecule has 0 saturated carbocycles. The second kappa shape index (κ2) is 6.80. The van der Waals surface area contributed by atoms with Crippen LogP contribution in [0.2, 0.25) is 0 Å². The van der Waals surface area contributed by atoms with E-state index in [1.165, 1.54) is 29.5 Å². The summed E-state index contributed by atoms with van der Waals surface area (Å²) < 4.78 is 50.2. The molecule has 0 saturated heterocycles. The highest BCUT2D eigenvalue weighted by Crippen LogP contribution is 2.24. The second-order valence-electron chi connectivity index (χ2n) is 5.45. The second-order valence-corrected chi connectivity index (χ2v) is 9.76. The van der Waals surface area contributed by atoms with Crippen LogP contribution in [-0.4, -0.2) is 21.8 Å². The van der Waals surface area contributed by atoms with Crippen LogP contribution in [0.1, 0.15) is 5.01 Å². The minimum absolute atomic E-state index is 0.191. The van der Waals surface area contributed by atoms with E-state index in [0.717, 1.165) is 22.3 Å². The molecule has 3 rings (SSSR count). The normalized spacial score (nSPS) is 12.1. The number of benzene rings is 2. The molecule has 0 radical (unpaired) electrons. The Kier molecular flexibility index (Phi) is 4.84. The molecule has 26 heavy (non-hydrogen) atoms. The molecular formula is C16H15N3O4S3. The Morgan fingerprint density at radius 2 is 1.65 bits per heavy atom. The molecule has 0 aliphatic heterocycles. The van der Waals surface area contributed by atoms with Crippen molar-refractivity contribution in [2.24, 2.45) is 5.14 Å². The zero-order valence-electron chi connectivity index (χ0n) is 13.6. The van der Waals surface area contributed by atoms with E-state index in [2.05, 4.69) is 9.71 Å². The number of primary sulfonamides is 1. The molecule has 0 bridgehead atoms. The lowest BCUT2D eigenvalue weighted by Crippen LogP contribution is -2.16. The van der Waals surface area contributed by atoms with Gasteiger partial charge in [0.05, 0.1) is 20.5 Å². The van der Waals surface area contributed by atoms with Gasteiger partial charge in [-0.05, 0) is 37.3 Å². The Morgan fingerprint density at radius 3 is 2.23 bits per heavy atom. The van der Waals surface area contributed by atoms with Crippen LogP contribution in [0.15, 0.2) is 63.7 Å². The molecule has 0 aliphatic rings. The smallest absolute Gasteiger partial charge is 0.261 e. The summed E-state index contributed by atoms with van der Waals surface area (Å²) >= 11 is 1.53. The first-order chi connectivity index (χ1) is 12.1. The monoisotopic (exact) mass is 409 g/mol. The molecule has 0 atom stereocenters. The molecule has 0 spiro atoms. The predicted octanol–water partition coefficient (Wildman–Crippen LogP) is 2.57. The maximum Gasteiger partial charge on any atom is 0.261 e. The van der Waals surface area contributed by atoms with E-state index in [-0.39, 0.29) is 9.79 Å². The van der Waals surface area contributed by atoms with Crippen molar-refractivity contribution in [3.8, 4) is 11.3 Å². The van der Waals surface area contributed by atoms with Gasteiger partial charge in [-0.1, -0.05) is 18.2 Å². The van der Waals surface area contributed by atoms with Crippen molar-refractivity contribution >= 4 is 37.1 Å². The van der Waals surface area contributed by atoms with Gasteiger partial charge in [0.2, 0.25) is 10.0 Å². The zero-order valence-corrected chi connectivity index (χ0v) is 16.0. The number of thiazole rings is 1. The number of nitrogens with two attached hydrogens (primary N) is 1. The fraction of sp³-hybridized carbons (Fsp3) is 0.0625. The number of sulfonamides is 2. The third-order valence-corrected chi connectivity index (χ3v) is 6.56. The summed E-state index contributed by atoms with van der Waals surface area (Å²) in [7, 11) is -7.94. The lowest BCUT2D eigenvalue weighted by atomic mass is 10.1. The molecule has 10 heteroatoms. The maximum atomic E-state index is 12.5. The standard InChI is InChI=1S/C16H15N3O4S3/c1-11-18-16(10-24-11)12-5-7-13(8-6-12)19-26(22,23)15-4-2-3-14(9-15)25(17,20)21/h2-10,19H,1H3,(H2,17,20,21). The van der Waals surface area contributed by atoms with E-state index >= 15 is 0 Å². The van der Waals surface area contributed by atoms with Crippen LogP contribution < -0.4 is 9.86 Å². The lowest BCUT2D eigenvalue weighted by Gasteiger charge is -2.09. The first kappa shape index (κ1) is 18.5. The van der Waals surface area contributed by atoms with Crippen molar-refractivity contribution in [2.45, 2.75) is 16.7 Å². The third-order valence-electron chi connectivity index (χ3n) is 3.50. The molecule has 0 aliphatic carbocycles. The number of hydrogen-bond acceptors (Lipinski definition) is 6. The van der Waals surface area contributed by atoms with E-state index in [4.69, 9.17) is 5.14 Å². The topological polar surface area (TPSA) is 119 Å². The number of nitrogens with zero attached hydrogens (tertiary/aromatic N) is 1. The van der Waals surface area contributed by atoms with Gasteiger partial charge in [0.15, 0.2) is 0 Å². The average Bonchev–Trinajstić information content (AvgIpc) is 3.01. The van der Waals surface area contributed by atoms with Crippen molar-refractivity contribution in [3.05, 3.63) is 58.9 Å². The summed E-state index contributed by atoms with van der Waals surface area (Å²) in [5.74, 6) is 0. The van der Waals surface area contributed by atoms with Crippen LogP contribution in [0.3, 0.4) is 0 Å². The molecule has 3 aromatic rings.